The molecule has 0 aliphatic rings. The summed E-state index contributed by atoms with van der Waals surface area (Å²) >= 11 is 5.83. The van der Waals surface area contributed by atoms with Crippen LogP contribution >= 0.6 is 11.6 Å². The normalized spacial score (nSPS) is 10.3. The largest absolute Gasteiger partial charge is 0.197 e. The lowest BCUT2D eigenvalue weighted by molar-refractivity contribution is 0.942. The van der Waals surface area contributed by atoms with E-state index in [2.05, 4.69) is 15.4 Å². The molecule has 3 nitrogen and oxygen atoms in total. The molecule has 0 bridgehead atoms. The number of aromatic nitrogens is 3. The monoisotopic (exact) mass is 193 g/mol. The lowest BCUT2D eigenvalue weighted by atomic mass is 10.1. The van der Waals surface area contributed by atoms with Gasteiger partial charge in [0.1, 0.15) is 5.69 Å². The van der Waals surface area contributed by atoms with Gasteiger partial charge in [0.05, 0.1) is 6.20 Å². The predicted molar refractivity (Wildman–Crippen MR) is 51.6 cm³/mol. The van der Waals surface area contributed by atoms with Crippen LogP contribution in [0.5, 0.6) is 0 Å². The minimum Gasteiger partial charge on any atom is -0.197 e. The van der Waals surface area contributed by atoms with E-state index in [0.29, 0.717) is 0 Å². The lowest BCUT2D eigenvalue weighted by Gasteiger charge is -2.01. The highest BCUT2D eigenvalue weighted by Crippen LogP contribution is 2.23. The maximum atomic E-state index is 5.83. The van der Waals surface area contributed by atoms with Crippen LogP contribution in [0, 0.1) is 6.92 Å². The van der Waals surface area contributed by atoms with Crippen molar-refractivity contribution in [3.05, 3.63) is 35.0 Å². The highest BCUT2D eigenvalue weighted by Gasteiger charge is 2.03. The first-order chi connectivity index (χ1) is 6.27. The summed E-state index contributed by atoms with van der Waals surface area (Å²) in [6.07, 6.45) is 1.69. The number of nitrogens with one attached hydrogen (secondary N) is 1. The van der Waals surface area contributed by atoms with Crippen LogP contribution in [0.25, 0.3) is 11.3 Å². The second kappa shape index (κ2) is 3.18. The van der Waals surface area contributed by atoms with Crippen molar-refractivity contribution in [1.29, 1.82) is 0 Å². The summed E-state index contributed by atoms with van der Waals surface area (Å²) in [6, 6.07) is 5.69. The average Bonchev–Trinajstić information content (AvgIpc) is 2.56. The molecular formula is C9H8ClN3. The van der Waals surface area contributed by atoms with Gasteiger partial charge in [0.2, 0.25) is 0 Å². The molecule has 1 heterocycles. The first-order valence-electron chi connectivity index (χ1n) is 3.89. The van der Waals surface area contributed by atoms with Crippen LogP contribution in [0.4, 0.5) is 0 Å². The quantitative estimate of drug-likeness (QED) is 0.756. The van der Waals surface area contributed by atoms with Crippen molar-refractivity contribution in [3.8, 4) is 11.3 Å². The molecule has 0 fully saturated rings. The molecule has 2 aromatic rings. The second-order valence-corrected chi connectivity index (χ2v) is 3.25. The van der Waals surface area contributed by atoms with E-state index in [0.717, 1.165) is 21.8 Å². The number of hydrogen-bond acceptors (Lipinski definition) is 2. The van der Waals surface area contributed by atoms with E-state index in [1.807, 2.05) is 25.1 Å². The molecule has 1 N–H and O–H groups in total. The van der Waals surface area contributed by atoms with Crippen LogP contribution in [0.2, 0.25) is 5.02 Å². The topological polar surface area (TPSA) is 41.6 Å². The van der Waals surface area contributed by atoms with Crippen molar-refractivity contribution in [3.63, 3.8) is 0 Å². The van der Waals surface area contributed by atoms with Crippen LogP contribution < -0.4 is 0 Å². The third kappa shape index (κ3) is 1.55. The summed E-state index contributed by atoms with van der Waals surface area (Å²) in [7, 11) is 0. The Hall–Kier alpha value is -1.35. The highest BCUT2D eigenvalue weighted by molar-refractivity contribution is 6.30. The molecule has 0 atom stereocenters. The van der Waals surface area contributed by atoms with Gasteiger partial charge in [-0.15, -0.1) is 0 Å². The molecule has 4 heteroatoms. The number of aromatic amines is 1. The number of benzene rings is 1. The first-order valence-corrected chi connectivity index (χ1v) is 4.27. The van der Waals surface area contributed by atoms with E-state index >= 15 is 0 Å². The number of H-pyrrole nitrogens is 1. The Labute approximate surface area is 80.7 Å². The SMILES string of the molecule is Cc1cc(Cl)ccc1-c1cn[nH]n1. The number of halogens is 1. The fourth-order valence-corrected chi connectivity index (χ4v) is 1.47. The maximum Gasteiger partial charge on any atom is 0.113 e. The highest BCUT2D eigenvalue weighted by atomic mass is 35.5. The Morgan fingerprint density at radius 2 is 2.23 bits per heavy atom. The summed E-state index contributed by atoms with van der Waals surface area (Å²) in [6.45, 7) is 2.00. The van der Waals surface area contributed by atoms with Gasteiger partial charge in [0.25, 0.3) is 0 Å². The summed E-state index contributed by atoms with van der Waals surface area (Å²) in [5.41, 5.74) is 2.99. The van der Waals surface area contributed by atoms with E-state index in [-0.39, 0.29) is 0 Å². The van der Waals surface area contributed by atoms with Crippen molar-refractivity contribution >= 4 is 11.6 Å². The van der Waals surface area contributed by atoms with Gasteiger partial charge in [-0.2, -0.15) is 15.4 Å². The molecule has 0 unspecified atom stereocenters. The summed E-state index contributed by atoms with van der Waals surface area (Å²) in [5, 5.41) is 11.1. The molecule has 0 aliphatic carbocycles. The van der Waals surface area contributed by atoms with E-state index in [1.165, 1.54) is 0 Å². The zero-order valence-corrected chi connectivity index (χ0v) is 7.84. The fourth-order valence-electron chi connectivity index (χ4n) is 1.25. The number of nitrogens with zero attached hydrogens (tertiary/aromatic N) is 2. The maximum absolute atomic E-state index is 5.83. The Bertz CT molecular complexity index is 409. The molecule has 0 aliphatic heterocycles. The Balaban J connectivity index is 2.53. The number of hydrogen-bond donors (Lipinski definition) is 1. The number of rotatable bonds is 1. The first kappa shape index (κ1) is 8.26. The van der Waals surface area contributed by atoms with E-state index < -0.39 is 0 Å². The standard InChI is InChI=1S/C9H8ClN3/c1-6-4-7(10)2-3-8(6)9-5-11-13-12-9/h2-5H,1H3,(H,11,12,13). The van der Waals surface area contributed by atoms with E-state index in [9.17, 15) is 0 Å². The van der Waals surface area contributed by atoms with Gasteiger partial charge in [-0.25, -0.2) is 0 Å². The summed E-state index contributed by atoms with van der Waals surface area (Å²) in [4.78, 5) is 0. The van der Waals surface area contributed by atoms with Crippen LogP contribution in [0.3, 0.4) is 0 Å². The van der Waals surface area contributed by atoms with Crippen LogP contribution in [-0.2, 0) is 0 Å². The van der Waals surface area contributed by atoms with Crippen LogP contribution in [-0.4, -0.2) is 15.4 Å². The smallest absolute Gasteiger partial charge is 0.113 e. The minimum absolute atomic E-state index is 0.741. The molecular weight excluding hydrogens is 186 g/mol. The van der Waals surface area contributed by atoms with Crippen molar-refractivity contribution in [2.45, 2.75) is 6.92 Å². The molecule has 2 rings (SSSR count). The molecule has 0 radical (unpaired) electrons. The zero-order valence-electron chi connectivity index (χ0n) is 7.08. The summed E-state index contributed by atoms with van der Waals surface area (Å²) < 4.78 is 0. The van der Waals surface area contributed by atoms with Crippen molar-refractivity contribution in [2.24, 2.45) is 0 Å². The van der Waals surface area contributed by atoms with Gasteiger partial charge in [-0.05, 0) is 24.6 Å². The molecule has 0 amide bonds. The van der Waals surface area contributed by atoms with Crippen molar-refractivity contribution in [2.75, 3.05) is 0 Å². The van der Waals surface area contributed by atoms with E-state index in [4.69, 9.17) is 11.6 Å². The van der Waals surface area contributed by atoms with Crippen LogP contribution in [0.15, 0.2) is 24.4 Å². The zero-order chi connectivity index (χ0) is 9.26. The molecule has 0 saturated heterocycles. The average molecular weight is 194 g/mol. The summed E-state index contributed by atoms with van der Waals surface area (Å²) in [5.74, 6) is 0. The predicted octanol–water partition coefficient (Wildman–Crippen LogP) is 2.43. The van der Waals surface area contributed by atoms with Crippen molar-refractivity contribution in [1.82, 2.24) is 15.4 Å². The second-order valence-electron chi connectivity index (χ2n) is 2.81. The molecule has 1 aromatic heterocycles. The van der Waals surface area contributed by atoms with E-state index in [1.54, 1.807) is 6.20 Å². The van der Waals surface area contributed by atoms with Gasteiger partial charge < -0.3 is 0 Å². The van der Waals surface area contributed by atoms with Gasteiger partial charge in [-0.1, -0.05) is 17.7 Å². The minimum atomic E-state index is 0.741. The van der Waals surface area contributed by atoms with Gasteiger partial charge in [-0.3, -0.25) is 0 Å². The van der Waals surface area contributed by atoms with Gasteiger partial charge >= 0.3 is 0 Å². The van der Waals surface area contributed by atoms with Crippen molar-refractivity contribution < 1.29 is 0 Å². The molecule has 1 aromatic carbocycles. The Kier molecular flexibility index (Phi) is 2.02. The Morgan fingerprint density at radius 1 is 1.38 bits per heavy atom. The number of aryl methyl sites for hydroxylation is 1. The molecule has 13 heavy (non-hydrogen) atoms. The lowest BCUT2D eigenvalue weighted by Crippen LogP contribution is -1.83. The van der Waals surface area contributed by atoms with Crippen LogP contribution in [0.1, 0.15) is 5.56 Å². The Morgan fingerprint density at radius 3 is 2.85 bits per heavy atom. The third-order valence-electron chi connectivity index (χ3n) is 1.88. The molecule has 0 spiro atoms. The molecule has 66 valence electrons. The fraction of sp³-hybridized carbons (Fsp3) is 0.111. The van der Waals surface area contributed by atoms with Gasteiger partial charge in [0.15, 0.2) is 0 Å². The van der Waals surface area contributed by atoms with Gasteiger partial charge in [0, 0.05) is 10.6 Å². The third-order valence-corrected chi connectivity index (χ3v) is 2.11. The molecule has 0 saturated carbocycles.